The Balaban J connectivity index is 2.67. The van der Waals surface area contributed by atoms with Gasteiger partial charge in [-0.15, -0.1) is 0 Å². The summed E-state index contributed by atoms with van der Waals surface area (Å²) in [6.07, 6.45) is 5.16. The molecule has 72 valence electrons. The first-order chi connectivity index (χ1) is 6.86. The first-order valence-electron chi connectivity index (χ1n) is 4.62. The Morgan fingerprint density at radius 3 is 3.14 bits per heavy atom. The van der Waals surface area contributed by atoms with Crippen LogP contribution in [-0.4, -0.2) is 20.8 Å². The fourth-order valence-corrected chi connectivity index (χ4v) is 1.55. The van der Waals surface area contributed by atoms with Crippen molar-refractivity contribution >= 4 is 17.3 Å². The summed E-state index contributed by atoms with van der Waals surface area (Å²) in [5.74, 6) is 0.481. The Kier molecular flexibility index (Phi) is 2.26. The molecule has 0 aliphatic heterocycles. The molecule has 2 rings (SSSR count). The van der Waals surface area contributed by atoms with Crippen molar-refractivity contribution in [1.82, 2.24) is 14.5 Å². The van der Waals surface area contributed by atoms with Crippen LogP contribution in [0, 0.1) is 0 Å². The van der Waals surface area contributed by atoms with Gasteiger partial charge in [0.2, 0.25) is 0 Å². The first kappa shape index (κ1) is 8.87. The molecule has 14 heavy (non-hydrogen) atoms. The van der Waals surface area contributed by atoms with Crippen LogP contribution in [0.2, 0.25) is 0 Å². The van der Waals surface area contributed by atoms with Crippen LogP contribution in [0.1, 0.15) is 24.0 Å². The normalized spacial score (nSPS) is 10.6. The highest BCUT2D eigenvalue weighted by Gasteiger charge is 2.07. The second-order valence-corrected chi connectivity index (χ2v) is 3.10. The third-order valence-electron chi connectivity index (χ3n) is 2.13. The standard InChI is InChI=1S/C10H11N3O/c1-2-5-13-9-3-4-11-6-8(9)12-10(13)7-14/h3-4,6-7H,2,5H2,1H3. The second kappa shape index (κ2) is 3.57. The van der Waals surface area contributed by atoms with Gasteiger partial charge in [0.15, 0.2) is 12.1 Å². The number of aromatic nitrogens is 3. The second-order valence-electron chi connectivity index (χ2n) is 3.10. The van der Waals surface area contributed by atoms with Crippen molar-refractivity contribution < 1.29 is 4.79 Å². The highest BCUT2D eigenvalue weighted by atomic mass is 16.1. The molecule has 2 heterocycles. The van der Waals surface area contributed by atoms with E-state index >= 15 is 0 Å². The highest BCUT2D eigenvalue weighted by Crippen LogP contribution is 2.13. The van der Waals surface area contributed by atoms with Crippen LogP contribution in [0.25, 0.3) is 11.0 Å². The smallest absolute Gasteiger partial charge is 0.185 e. The molecule has 4 nitrogen and oxygen atoms in total. The quantitative estimate of drug-likeness (QED) is 0.690. The fourth-order valence-electron chi connectivity index (χ4n) is 1.55. The molecule has 0 aromatic carbocycles. The molecule has 0 unspecified atom stereocenters. The Hall–Kier alpha value is -1.71. The maximum Gasteiger partial charge on any atom is 0.185 e. The molecule has 2 aromatic rings. The Labute approximate surface area is 81.6 Å². The molecule has 2 aromatic heterocycles. The molecule has 0 amide bonds. The average molecular weight is 189 g/mol. The molecule has 0 aliphatic rings. The van der Waals surface area contributed by atoms with E-state index in [1.807, 2.05) is 10.6 Å². The maximum atomic E-state index is 10.8. The minimum absolute atomic E-state index is 0.481. The summed E-state index contributed by atoms with van der Waals surface area (Å²) in [5, 5.41) is 0. The lowest BCUT2D eigenvalue weighted by atomic mass is 10.4. The van der Waals surface area contributed by atoms with Crippen LogP contribution in [0.4, 0.5) is 0 Å². The number of carbonyl (C=O) groups excluding carboxylic acids is 1. The number of aryl methyl sites for hydroxylation is 1. The van der Waals surface area contributed by atoms with E-state index in [0.717, 1.165) is 30.3 Å². The lowest BCUT2D eigenvalue weighted by molar-refractivity contribution is 0.111. The van der Waals surface area contributed by atoms with Gasteiger partial charge in [-0.25, -0.2) is 4.98 Å². The molecule has 0 fully saturated rings. The molecule has 0 radical (unpaired) electrons. The van der Waals surface area contributed by atoms with Crippen LogP contribution in [0.15, 0.2) is 18.5 Å². The van der Waals surface area contributed by atoms with Crippen LogP contribution < -0.4 is 0 Å². The highest BCUT2D eigenvalue weighted by molar-refractivity contribution is 5.82. The summed E-state index contributed by atoms with van der Waals surface area (Å²) in [7, 11) is 0. The molecule has 0 spiro atoms. The summed E-state index contributed by atoms with van der Waals surface area (Å²) in [5.41, 5.74) is 1.76. The molecular weight excluding hydrogens is 178 g/mol. The van der Waals surface area contributed by atoms with E-state index in [1.54, 1.807) is 12.4 Å². The van der Waals surface area contributed by atoms with Crippen LogP contribution in [-0.2, 0) is 6.54 Å². The number of carbonyl (C=O) groups is 1. The van der Waals surface area contributed by atoms with E-state index in [2.05, 4.69) is 16.9 Å². The van der Waals surface area contributed by atoms with Gasteiger partial charge in [0.25, 0.3) is 0 Å². The third-order valence-corrected chi connectivity index (χ3v) is 2.13. The molecular formula is C10H11N3O. The average Bonchev–Trinajstić information content (AvgIpc) is 2.58. The Morgan fingerprint density at radius 2 is 2.43 bits per heavy atom. The molecule has 0 bridgehead atoms. The van der Waals surface area contributed by atoms with Gasteiger partial charge in [-0.2, -0.15) is 0 Å². The van der Waals surface area contributed by atoms with Gasteiger partial charge in [0.1, 0.15) is 5.52 Å². The van der Waals surface area contributed by atoms with E-state index < -0.39 is 0 Å². The number of nitrogens with zero attached hydrogens (tertiary/aromatic N) is 3. The maximum absolute atomic E-state index is 10.8. The van der Waals surface area contributed by atoms with Crippen molar-refractivity contribution in [2.75, 3.05) is 0 Å². The minimum Gasteiger partial charge on any atom is -0.322 e. The fraction of sp³-hybridized carbons (Fsp3) is 0.300. The van der Waals surface area contributed by atoms with Gasteiger partial charge in [0.05, 0.1) is 11.7 Å². The van der Waals surface area contributed by atoms with Gasteiger partial charge in [-0.05, 0) is 12.5 Å². The Bertz CT molecular complexity index is 461. The lowest BCUT2D eigenvalue weighted by Gasteiger charge is -2.02. The zero-order valence-electron chi connectivity index (χ0n) is 7.97. The van der Waals surface area contributed by atoms with E-state index in [0.29, 0.717) is 5.82 Å². The predicted molar refractivity (Wildman–Crippen MR) is 53.2 cm³/mol. The monoisotopic (exact) mass is 189 g/mol. The van der Waals surface area contributed by atoms with Gasteiger partial charge in [-0.3, -0.25) is 9.78 Å². The molecule has 4 heteroatoms. The number of rotatable bonds is 3. The number of imidazole rings is 1. The van der Waals surface area contributed by atoms with Crippen molar-refractivity contribution in [3.05, 3.63) is 24.3 Å². The molecule has 0 atom stereocenters. The largest absolute Gasteiger partial charge is 0.322 e. The zero-order valence-corrected chi connectivity index (χ0v) is 7.97. The van der Waals surface area contributed by atoms with E-state index in [4.69, 9.17) is 0 Å². The van der Waals surface area contributed by atoms with E-state index in [1.165, 1.54) is 0 Å². The van der Waals surface area contributed by atoms with Crippen LogP contribution in [0.3, 0.4) is 0 Å². The van der Waals surface area contributed by atoms with Crippen LogP contribution >= 0.6 is 0 Å². The first-order valence-corrected chi connectivity index (χ1v) is 4.62. The Morgan fingerprint density at radius 1 is 1.57 bits per heavy atom. The molecule has 0 N–H and O–H groups in total. The third kappa shape index (κ3) is 1.28. The zero-order chi connectivity index (χ0) is 9.97. The van der Waals surface area contributed by atoms with Crippen molar-refractivity contribution in [2.45, 2.75) is 19.9 Å². The van der Waals surface area contributed by atoms with E-state index in [-0.39, 0.29) is 0 Å². The summed E-state index contributed by atoms with van der Waals surface area (Å²) >= 11 is 0. The summed E-state index contributed by atoms with van der Waals surface area (Å²) in [4.78, 5) is 18.9. The number of fused-ring (bicyclic) bond motifs is 1. The van der Waals surface area contributed by atoms with Crippen molar-refractivity contribution in [2.24, 2.45) is 0 Å². The summed E-state index contributed by atoms with van der Waals surface area (Å²) < 4.78 is 1.92. The molecule has 0 saturated heterocycles. The predicted octanol–water partition coefficient (Wildman–Crippen LogP) is 1.65. The van der Waals surface area contributed by atoms with Gasteiger partial charge >= 0.3 is 0 Å². The summed E-state index contributed by atoms with van der Waals surface area (Å²) in [6.45, 7) is 2.89. The minimum atomic E-state index is 0.481. The number of pyridine rings is 1. The topological polar surface area (TPSA) is 47.8 Å². The molecule has 0 saturated carbocycles. The van der Waals surface area contributed by atoms with Crippen molar-refractivity contribution in [3.8, 4) is 0 Å². The SMILES string of the molecule is CCCn1c(C=O)nc2cnccc21. The number of hydrogen-bond acceptors (Lipinski definition) is 3. The lowest BCUT2D eigenvalue weighted by Crippen LogP contribution is -2.01. The van der Waals surface area contributed by atoms with Gasteiger partial charge in [-0.1, -0.05) is 6.92 Å². The number of hydrogen-bond donors (Lipinski definition) is 0. The summed E-state index contributed by atoms with van der Waals surface area (Å²) in [6, 6.07) is 1.88. The van der Waals surface area contributed by atoms with Gasteiger partial charge < -0.3 is 4.57 Å². The van der Waals surface area contributed by atoms with Crippen molar-refractivity contribution in [1.29, 1.82) is 0 Å². The van der Waals surface area contributed by atoms with E-state index in [9.17, 15) is 4.79 Å². The molecule has 0 aliphatic carbocycles. The van der Waals surface area contributed by atoms with Crippen molar-refractivity contribution in [3.63, 3.8) is 0 Å². The van der Waals surface area contributed by atoms with Gasteiger partial charge in [0, 0.05) is 12.7 Å². The number of aldehydes is 1. The van der Waals surface area contributed by atoms with Crippen LogP contribution in [0.5, 0.6) is 0 Å².